The van der Waals surface area contributed by atoms with E-state index in [4.69, 9.17) is 9.47 Å². The van der Waals surface area contributed by atoms with Gasteiger partial charge in [-0.3, -0.25) is 4.79 Å². The lowest BCUT2D eigenvalue weighted by molar-refractivity contribution is -0.131. The Morgan fingerprint density at radius 3 is 2.81 bits per heavy atom. The number of benzene rings is 1. The number of amides is 1. The lowest BCUT2D eigenvalue weighted by Gasteiger charge is -2.28. The van der Waals surface area contributed by atoms with Gasteiger partial charge in [0.15, 0.2) is 5.16 Å². The van der Waals surface area contributed by atoms with E-state index in [0.29, 0.717) is 0 Å². The van der Waals surface area contributed by atoms with Crippen molar-refractivity contribution in [2.24, 2.45) is 7.05 Å². The van der Waals surface area contributed by atoms with Gasteiger partial charge in [-0.1, -0.05) is 11.8 Å². The van der Waals surface area contributed by atoms with E-state index < -0.39 is 0 Å². The molecule has 1 fully saturated rings. The first kappa shape index (κ1) is 18.6. The Labute approximate surface area is 157 Å². The van der Waals surface area contributed by atoms with Crippen LogP contribution in [0.5, 0.6) is 11.5 Å². The largest absolute Gasteiger partial charge is 0.497 e. The van der Waals surface area contributed by atoms with E-state index in [9.17, 15) is 4.79 Å². The predicted molar refractivity (Wildman–Crippen MR) is 99.6 cm³/mol. The van der Waals surface area contributed by atoms with E-state index in [1.165, 1.54) is 11.8 Å². The molecule has 3 rings (SSSR count). The molecule has 1 aromatic carbocycles. The van der Waals surface area contributed by atoms with Crippen LogP contribution in [-0.4, -0.2) is 51.6 Å². The summed E-state index contributed by atoms with van der Waals surface area (Å²) >= 11 is 1.43. The molecule has 0 saturated carbocycles. The van der Waals surface area contributed by atoms with Gasteiger partial charge in [0.05, 0.1) is 25.5 Å². The number of hydrogen-bond donors (Lipinski definition) is 0. The number of aromatic nitrogens is 3. The number of hydrogen-bond acceptors (Lipinski definition) is 6. The number of aryl methyl sites for hydroxylation is 1. The Hall–Kier alpha value is -2.22. The molecule has 0 spiro atoms. The summed E-state index contributed by atoms with van der Waals surface area (Å²) in [5.74, 6) is 1.61. The van der Waals surface area contributed by atoms with Crippen molar-refractivity contribution in [2.45, 2.75) is 36.2 Å². The first-order chi connectivity index (χ1) is 12.5. The van der Waals surface area contributed by atoms with Crippen LogP contribution in [-0.2, 0) is 11.8 Å². The van der Waals surface area contributed by atoms with Crippen molar-refractivity contribution in [2.75, 3.05) is 20.8 Å². The molecule has 0 N–H and O–H groups in total. The van der Waals surface area contributed by atoms with Gasteiger partial charge in [-0.25, -0.2) is 0 Å². The molecule has 140 valence electrons. The fourth-order valence-corrected chi connectivity index (χ4v) is 4.13. The molecule has 0 radical (unpaired) electrons. The highest BCUT2D eigenvalue weighted by molar-refractivity contribution is 8.00. The molecule has 7 nitrogen and oxygen atoms in total. The van der Waals surface area contributed by atoms with Gasteiger partial charge in [0, 0.05) is 25.2 Å². The third kappa shape index (κ3) is 3.65. The summed E-state index contributed by atoms with van der Waals surface area (Å²) in [6.45, 7) is 2.67. The zero-order valence-electron chi connectivity index (χ0n) is 15.5. The van der Waals surface area contributed by atoms with Crippen LogP contribution in [0.15, 0.2) is 29.7 Å². The molecular weight excluding hydrogens is 352 g/mol. The third-order valence-electron chi connectivity index (χ3n) is 4.64. The fourth-order valence-electron chi connectivity index (χ4n) is 3.27. The van der Waals surface area contributed by atoms with Gasteiger partial charge < -0.3 is 18.9 Å². The topological polar surface area (TPSA) is 69.5 Å². The monoisotopic (exact) mass is 376 g/mol. The maximum Gasteiger partial charge on any atom is 0.236 e. The molecule has 8 heteroatoms. The van der Waals surface area contributed by atoms with Crippen molar-refractivity contribution in [3.05, 3.63) is 30.1 Å². The molecule has 1 saturated heterocycles. The predicted octanol–water partition coefficient (Wildman–Crippen LogP) is 2.68. The van der Waals surface area contributed by atoms with Crippen molar-refractivity contribution in [3.63, 3.8) is 0 Å². The van der Waals surface area contributed by atoms with Crippen molar-refractivity contribution < 1.29 is 14.3 Å². The second kappa shape index (κ2) is 7.99. The summed E-state index contributed by atoms with van der Waals surface area (Å²) in [5, 5.41) is 8.44. The molecule has 1 aliphatic rings. The second-order valence-electron chi connectivity index (χ2n) is 6.28. The minimum absolute atomic E-state index is 0.0194. The highest BCUT2D eigenvalue weighted by atomic mass is 32.2. The van der Waals surface area contributed by atoms with Crippen molar-refractivity contribution in [1.82, 2.24) is 19.7 Å². The Balaban J connectivity index is 1.79. The SMILES string of the molecule is COc1ccc([C@H]2CCCN2C(=O)[C@H](C)Sc2nncn2C)c(OC)c1. The minimum Gasteiger partial charge on any atom is -0.497 e. The highest BCUT2D eigenvalue weighted by Crippen LogP contribution is 2.39. The zero-order chi connectivity index (χ0) is 18.7. The van der Waals surface area contributed by atoms with Crippen LogP contribution in [0.25, 0.3) is 0 Å². The van der Waals surface area contributed by atoms with Gasteiger partial charge in [-0.15, -0.1) is 10.2 Å². The molecule has 1 aliphatic heterocycles. The lowest BCUT2D eigenvalue weighted by Crippen LogP contribution is -2.36. The number of nitrogens with zero attached hydrogens (tertiary/aromatic N) is 4. The number of thioether (sulfide) groups is 1. The van der Waals surface area contributed by atoms with Gasteiger partial charge in [0.2, 0.25) is 5.91 Å². The maximum atomic E-state index is 13.1. The first-order valence-electron chi connectivity index (χ1n) is 8.58. The Morgan fingerprint density at radius 2 is 2.15 bits per heavy atom. The Morgan fingerprint density at radius 1 is 1.35 bits per heavy atom. The van der Waals surface area contributed by atoms with Crippen LogP contribution in [0.4, 0.5) is 0 Å². The molecule has 0 unspecified atom stereocenters. The fraction of sp³-hybridized carbons (Fsp3) is 0.500. The molecule has 2 heterocycles. The molecule has 0 bridgehead atoms. The van der Waals surface area contributed by atoms with Crippen LogP contribution in [0.3, 0.4) is 0 Å². The first-order valence-corrected chi connectivity index (χ1v) is 9.46. The summed E-state index contributed by atoms with van der Waals surface area (Å²) in [6, 6.07) is 5.80. The molecule has 2 atom stereocenters. The number of rotatable bonds is 6. The average Bonchev–Trinajstić information content (AvgIpc) is 3.29. The Kier molecular flexibility index (Phi) is 5.70. The van der Waals surface area contributed by atoms with Gasteiger partial charge >= 0.3 is 0 Å². The third-order valence-corrected chi connectivity index (χ3v) is 5.77. The van der Waals surface area contributed by atoms with Gasteiger partial charge in [0.1, 0.15) is 17.8 Å². The number of carbonyl (C=O) groups is 1. The Bertz CT molecular complexity index is 780. The molecule has 1 aromatic heterocycles. The van der Waals surface area contributed by atoms with E-state index in [-0.39, 0.29) is 17.2 Å². The van der Waals surface area contributed by atoms with E-state index in [1.54, 1.807) is 20.5 Å². The number of ether oxygens (including phenoxy) is 2. The van der Waals surface area contributed by atoms with Crippen LogP contribution in [0, 0.1) is 0 Å². The van der Waals surface area contributed by atoms with Crippen LogP contribution in [0.2, 0.25) is 0 Å². The normalized spacial score (nSPS) is 18.0. The molecule has 1 amide bonds. The zero-order valence-corrected chi connectivity index (χ0v) is 16.3. The summed E-state index contributed by atoms with van der Waals surface area (Å²) in [6.07, 6.45) is 3.54. The highest BCUT2D eigenvalue weighted by Gasteiger charge is 2.34. The summed E-state index contributed by atoms with van der Waals surface area (Å²) in [5.41, 5.74) is 1.02. The van der Waals surface area contributed by atoms with E-state index in [0.717, 1.165) is 41.6 Å². The van der Waals surface area contributed by atoms with E-state index >= 15 is 0 Å². The number of carbonyl (C=O) groups excluding carboxylic acids is 1. The molecule has 0 aliphatic carbocycles. The average molecular weight is 376 g/mol. The maximum absolute atomic E-state index is 13.1. The summed E-state index contributed by atoms with van der Waals surface area (Å²) < 4.78 is 12.6. The van der Waals surface area contributed by atoms with Crippen molar-refractivity contribution in [3.8, 4) is 11.5 Å². The number of methoxy groups -OCH3 is 2. The lowest BCUT2D eigenvalue weighted by atomic mass is 10.0. The van der Waals surface area contributed by atoms with Gasteiger partial charge in [-0.05, 0) is 31.9 Å². The minimum atomic E-state index is -0.234. The van der Waals surface area contributed by atoms with E-state index in [1.807, 2.05) is 41.6 Å². The smallest absolute Gasteiger partial charge is 0.236 e. The number of likely N-dealkylation sites (tertiary alicyclic amines) is 1. The standard InChI is InChI=1S/C18H24N4O3S/c1-12(26-18-20-19-11-21(18)2)17(23)22-9-5-6-15(22)14-8-7-13(24-3)10-16(14)25-4/h7-8,10-12,15H,5-6,9H2,1-4H3/t12-,15+/m0/s1. The van der Waals surface area contributed by atoms with Crippen LogP contribution >= 0.6 is 11.8 Å². The molecule has 2 aromatic rings. The molecular formula is C18H24N4O3S. The summed E-state index contributed by atoms with van der Waals surface area (Å²) in [7, 11) is 5.15. The van der Waals surface area contributed by atoms with Crippen molar-refractivity contribution >= 4 is 17.7 Å². The van der Waals surface area contributed by atoms with E-state index in [2.05, 4.69) is 10.2 Å². The van der Waals surface area contributed by atoms with Gasteiger partial charge in [-0.2, -0.15) is 0 Å². The summed E-state index contributed by atoms with van der Waals surface area (Å²) in [4.78, 5) is 15.0. The van der Waals surface area contributed by atoms with Gasteiger partial charge in [0.25, 0.3) is 0 Å². The molecule has 26 heavy (non-hydrogen) atoms. The quantitative estimate of drug-likeness (QED) is 0.722. The van der Waals surface area contributed by atoms with Crippen molar-refractivity contribution in [1.29, 1.82) is 0 Å². The van der Waals surface area contributed by atoms with Crippen LogP contribution in [0.1, 0.15) is 31.4 Å². The van der Waals surface area contributed by atoms with Crippen LogP contribution < -0.4 is 9.47 Å². The second-order valence-corrected chi connectivity index (χ2v) is 7.59.